The van der Waals surface area contributed by atoms with Gasteiger partial charge in [-0.15, -0.1) is 0 Å². The molecule has 0 spiro atoms. The standard InChI is InChI=1S/C11H12BrFO2/c12-8-5-9(13)7-11(6-8)15-10-1-3-14-4-2-10/h5-7,10H,1-4H2. The van der Waals surface area contributed by atoms with Gasteiger partial charge in [-0.3, -0.25) is 0 Å². The van der Waals surface area contributed by atoms with Crippen LogP contribution in [0, 0.1) is 5.82 Å². The largest absolute Gasteiger partial charge is 0.490 e. The molecule has 1 aromatic rings. The number of hydrogen-bond donors (Lipinski definition) is 0. The van der Waals surface area contributed by atoms with Crippen molar-refractivity contribution in [3.63, 3.8) is 0 Å². The van der Waals surface area contributed by atoms with Crippen molar-refractivity contribution in [1.82, 2.24) is 0 Å². The van der Waals surface area contributed by atoms with E-state index in [9.17, 15) is 4.39 Å². The van der Waals surface area contributed by atoms with Gasteiger partial charge in [0.15, 0.2) is 0 Å². The number of halogens is 2. The zero-order valence-corrected chi connectivity index (χ0v) is 9.80. The number of ether oxygens (including phenoxy) is 2. The minimum absolute atomic E-state index is 0.146. The first-order valence-electron chi connectivity index (χ1n) is 4.94. The molecule has 0 aromatic heterocycles. The smallest absolute Gasteiger partial charge is 0.128 e. The lowest BCUT2D eigenvalue weighted by Gasteiger charge is -2.23. The van der Waals surface area contributed by atoms with Gasteiger partial charge in [-0.2, -0.15) is 0 Å². The van der Waals surface area contributed by atoms with Crippen LogP contribution in [0.5, 0.6) is 5.75 Å². The van der Waals surface area contributed by atoms with Crippen LogP contribution in [0.1, 0.15) is 12.8 Å². The van der Waals surface area contributed by atoms with Crippen LogP contribution in [0.3, 0.4) is 0 Å². The summed E-state index contributed by atoms with van der Waals surface area (Å²) >= 11 is 3.23. The predicted molar refractivity (Wildman–Crippen MR) is 58.6 cm³/mol. The fraction of sp³-hybridized carbons (Fsp3) is 0.455. The Balaban J connectivity index is 2.02. The van der Waals surface area contributed by atoms with E-state index in [1.54, 1.807) is 6.07 Å². The SMILES string of the molecule is Fc1cc(Br)cc(OC2CCOCC2)c1. The molecule has 0 unspecified atom stereocenters. The normalized spacial score (nSPS) is 17.7. The molecule has 1 heterocycles. The molecule has 0 atom stereocenters. The lowest BCUT2D eigenvalue weighted by molar-refractivity contribution is 0.0254. The highest BCUT2D eigenvalue weighted by Crippen LogP contribution is 2.23. The Bertz CT molecular complexity index is 317. The summed E-state index contributed by atoms with van der Waals surface area (Å²) in [6.45, 7) is 1.45. The van der Waals surface area contributed by atoms with Crippen LogP contribution in [-0.2, 0) is 4.74 Å². The third-order valence-electron chi connectivity index (χ3n) is 2.31. The van der Waals surface area contributed by atoms with Crippen LogP contribution in [0.2, 0.25) is 0 Å². The first-order valence-corrected chi connectivity index (χ1v) is 5.74. The van der Waals surface area contributed by atoms with Crippen LogP contribution < -0.4 is 4.74 Å². The Kier molecular flexibility index (Phi) is 3.59. The molecule has 1 aliphatic rings. The van der Waals surface area contributed by atoms with Gasteiger partial charge in [-0.1, -0.05) is 15.9 Å². The first kappa shape index (κ1) is 10.9. The molecule has 1 aliphatic heterocycles. The van der Waals surface area contributed by atoms with Gasteiger partial charge in [0.1, 0.15) is 17.7 Å². The van der Waals surface area contributed by atoms with Gasteiger partial charge in [-0.05, 0) is 12.1 Å². The second-order valence-corrected chi connectivity index (χ2v) is 4.45. The zero-order chi connectivity index (χ0) is 10.7. The molecule has 4 heteroatoms. The highest BCUT2D eigenvalue weighted by atomic mass is 79.9. The molecule has 0 radical (unpaired) electrons. The Hall–Kier alpha value is -0.610. The summed E-state index contributed by atoms with van der Waals surface area (Å²) in [7, 11) is 0. The topological polar surface area (TPSA) is 18.5 Å². The van der Waals surface area contributed by atoms with E-state index in [2.05, 4.69) is 15.9 Å². The van der Waals surface area contributed by atoms with Crippen molar-refractivity contribution in [2.75, 3.05) is 13.2 Å². The summed E-state index contributed by atoms with van der Waals surface area (Å²) in [5.74, 6) is 0.292. The Labute approximate surface area is 96.5 Å². The summed E-state index contributed by atoms with van der Waals surface area (Å²) in [5, 5.41) is 0. The van der Waals surface area contributed by atoms with Crippen molar-refractivity contribution in [2.45, 2.75) is 18.9 Å². The molecule has 15 heavy (non-hydrogen) atoms. The second kappa shape index (κ2) is 4.94. The molecule has 1 saturated heterocycles. The average Bonchev–Trinajstić information content (AvgIpc) is 2.17. The molecule has 0 amide bonds. The van der Waals surface area contributed by atoms with E-state index in [1.165, 1.54) is 12.1 Å². The second-order valence-electron chi connectivity index (χ2n) is 3.53. The van der Waals surface area contributed by atoms with E-state index in [0.29, 0.717) is 10.2 Å². The maximum atomic E-state index is 13.0. The molecule has 0 bridgehead atoms. The Morgan fingerprint density at radius 3 is 2.67 bits per heavy atom. The minimum Gasteiger partial charge on any atom is -0.490 e. The van der Waals surface area contributed by atoms with Gasteiger partial charge >= 0.3 is 0 Å². The van der Waals surface area contributed by atoms with Gasteiger partial charge in [-0.25, -0.2) is 4.39 Å². The van der Waals surface area contributed by atoms with Crippen LogP contribution in [0.15, 0.2) is 22.7 Å². The quantitative estimate of drug-likeness (QED) is 0.825. The molecular formula is C11H12BrFO2. The van der Waals surface area contributed by atoms with Crippen molar-refractivity contribution in [2.24, 2.45) is 0 Å². The molecular weight excluding hydrogens is 263 g/mol. The maximum absolute atomic E-state index is 13.0. The van der Waals surface area contributed by atoms with Gasteiger partial charge in [0, 0.05) is 23.4 Å². The Morgan fingerprint density at radius 2 is 2.00 bits per heavy atom. The lowest BCUT2D eigenvalue weighted by atomic mass is 10.1. The van der Waals surface area contributed by atoms with Crippen LogP contribution in [-0.4, -0.2) is 19.3 Å². The molecule has 82 valence electrons. The van der Waals surface area contributed by atoms with Crippen LogP contribution in [0.25, 0.3) is 0 Å². The van der Waals surface area contributed by atoms with E-state index in [-0.39, 0.29) is 11.9 Å². The fourth-order valence-corrected chi connectivity index (χ4v) is 2.03. The molecule has 2 nitrogen and oxygen atoms in total. The van der Waals surface area contributed by atoms with Gasteiger partial charge < -0.3 is 9.47 Å². The predicted octanol–water partition coefficient (Wildman–Crippen LogP) is 3.15. The van der Waals surface area contributed by atoms with E-state index >= 15 is 0 Å². The van der Waals surface area contributed by atoms with Crippen LogP contribution in [0.4, 0.5) is 4.39 Å². The van der Waals surface area contributed by atoms with Gasteiger partial charge in [0.2, 0.25) is 0 Å². The number of hydrogen-bond acceptors (Lipinski definition) is 2. The summed E-state index contributed by atoms with van der Waals surface area (Å²) in [4.78, 5) is 0. The van der Waals surface area contributed by atoms with Crippen LogP contribution >= 0.6 is 15.9 Å². The molecule has 2 rings (SSSR count). The minimum atomic E-state index is -0.286. The van der Waals surface area contributed by atoms with E-state index in [4.69, 9.17) is 9.47 Å². The highest BCUT2D eigenvalue weighted by molar-refractivity contribution is 9.10. The van der Waals surface area contributed by atoms with Crippen molar-refractivity contribution < 1.29 is 13.9 Å². The summed E-state index contributed by atoms with van der Waals surface area (Å²) in [6.07, 6.45) is 1.88. The third kappa shape index (κ3) is 3.18. The van der Waals surface area contributed by atoms with Crippen molar-refractivity contribution >= 4 is 15.9 Å². The first-order chi connectivity index (χ1) is 7.24. The van der Waals surface area contributed by atoms with Crippen molar-refractivity contribution in [3.8, 4) is 5.75 Å². The van der Waals surface area contributed by atoms with E-state index in [0.717, 1.165) is 26.1 Å². The Morgan fingerprint density at radius 1 is 1.27 bits per heavy atom. The molecule has 1 fully saturated rings. The van der Waals surface area contributed by atoms with E-state index in [1.807, 2.05) is 0 Å². The number of rotatable bonds is 2. The lowest BCUT2D eigenvalue weighted by Crippen LogP contribution is -2.25. The maximum Gasteiger partial charge on any atom is 0.128 e. The number of benzene rings is 1. The molecule has 0 N–H and O–H groups in total. The monoisotopic (exact) mass is 274 g/mol. The van der Waals surface area contributed by atoms with Crippen molar-refractivity contribution in [1.29, 1.82) is 0 Å². The average molecular weight is 275 g/mol. The molecule has 1 aromatic carbocycles. The summed E-state index contributed by atoms with van der Waals surface area (Å²) in [5.41, 5.74) is 0. The highest BCUT2D eigenvalue weighted by Gasteiger charge is 2.15. The summed E-state index contributed by atoms with van der Waals surface area (Å²) in [6, 6.07) is 4.59. The van der Waals surface area contributed by atoms with E-state index < -0.39 is 0 Å². The fourth-order valence-electron chi connectivity index (χ4n) is 1.58. The van der Waals surface area contributed by atoms with Crippen molar-refractivity contribution in [3.05, 3.63) is 28.5 Å². The van der Waals surface area contributed by atoms with Gasteiger partial charge in [0.05, 0.1) is 13.2 Å². The van der Waals surface area contributed by atoms with Gasteiger partial charge in [0.25, 0.3) is 0 Å². The molecule has 0 saturated carbocycles. The zero-order valence-electron chi connectivity index (χ0n) is 8.21. The third-order valence-corrected chi connectivity index (χ3v) is 2.76. The summed E-state index contributed by atoms with van der Waals surface area (Å²) < 4.78 is 24.6. The molecule has 0 aliphatic carbocycles.